The van der Waals surface area contributed by atoms with Crippen LogP contribution in [0.15, 0.2) is 40.9 Å². The molecule has 0 saturated heterocycles. The average Bonchev–Trinajstić information content (AvgIpc) is 2.46. The van der Waals surface area contributed by atoms with Crippen molar-refractivity contribution in [1.82, 2.24) is 0 Å². The zero-order valence-electron chi connectivity index (χ0n) is 12.5. The highest BCUT2D eigenvalue weighted by Gasteiger charge is 2.09. The summed E-state index contributed by atoms with van der Waals surface area (Å²) >= 11 is 3.39. The molecule has 21 heavy (non-hydrogen) atoms. The molecular formula is C18H19BrO2. The maximum absolute atomic E-state index is 11.2. The van der Waals surface area contributed by atoms with Crippen molar-refractivity contribution in [2.75, 3.05) is 0 Å². The number of ether oxygens (including phenoxy) is 1. The zero-order chi connectivity index (χ0) is 15.4. The first-order valence-electron chi connectivity index (χ1n) is 6.98. The highest BCUT2D eigenvalue weighted by atomic mass is 79.9. The lowest BCUT2D eigenvalue weighted by molar-refractivity contribution is 0.111. The number of aryl methyl sites for hydroxylation is 1. The normalized spacial score (nSPS) is 10.7. The molecule has 2 aromatic rings. The van der Waals surface area contributed by atoms with Crippen LogP contribution in [0.25, 0.3) is 0 Å². The van der Waals surface area contributed by atoms with E-state index in [0.29, 0.717) is 23.8 Å². The van der Waals surface area contributed by atoms with Crippen molar-refractivity contribution in [1.29, 1.82) is 0 Å². The van der Waals surface area contributed by atoms with Crippen LogP contribution in [0.4, 0.5) is 0 Å². The molecule has 3 heteroatoms. The van der Waals surface area contributed by atoms with E-state index in [9.17, 15) is 4.79 Å². The summed E-state index contributed by atoms with van der Waals surface area (Å²) in [5, 5.41) is 0. The number of carbonyl (C=O) groups excluding carboxylic acids is 1. The molecule has 0 aliphatic rings. The minimum atomic E-state index is 0.460. The lowest BCUT2D eigenvalue weighted by Crippen LogP contribution is -2.01. The summed E-state index contributed by atoms with van der Waals surface area (Å²) in [4.78, 5) is 11.2. The quantitative estimate of drug-likeness (QED) is 0.689. The Balaban J connectivity index is 2.14. The van der Waals surface area contributed by atoms with Gasteiger partial charge in [-0.1, -0.05) is 54.0 Å². The molecule has 0 radical (unpaired) electrons. The molecule has 0 atom stereocenters. The van der Waals surface area contributed by atoms with E-state index in [1.165, 1.54) is 5.56 Å². The van der Waals surface area contributed by atoms with E-state index in [-0.39, 0.29) is 0 Å². The largest absolute Gasteiger partial charge is 0.488 e. The van der Waals surface area contributed by atoms with Crippen molar-refractivity contribution in [2.24, 2.45) is 0 Å². The number of carbonyl (C=O) groups is 1. The van der Waals surface area contributed by atoms with Gasteiger partial charge in [0.15, 0.2) is 6.29 Å². The number of hydrogen-bond donors (Lipinski definition) is 0. The van der Waals surface area contributed by atoms with Crippen molar-refractivity contribution in [2.45, 2.75) is 33.3 Å². The van der Waals surface area contributed by atoms with Gasteiger partial charge >= 0.3 is 0 Å². The van der Waals surface area contributed by atoms with Crippen LogP contribution in [0.2, 0.25) is 0 Å². The second-order valence-corrected chi connectivity index (χ2v) is 6.36. The molecule has 0 aliphatic carbocycles. The highest BCUT2D eigenvalue weighted by Crippen LogP contribution is 2.27. The molecule has 0 unspecified atom stereocenters. The summed E-state index contributed by atoms with van der Waals surface area (Å²) in [6.07, 6.45) is 0.828. The van der Waals surface area contributed by atoms with Crippen molar-refractivity contribution >= 4 is 22.2 Å². The second kappa shape index (κ2) is 6.90. The van der Waals surface area contributed by atoms with Crippen LogP contribution in [-0.4, -0.2) is 6.29 Å². The van der Waals surface area contributed by atoms with Crippen LogP contribution < -0.4 is 4.74 Å². The third kappa shape index (κ3) is 3.94. The number of benzene rings is 2. The molecule has 0 saturated carbocycles. The average molecular weight is 347 g/mol. The first-order valence-corrected chi connectivity index (χ1v) is 7.77. The van der Waals surface area contributed by atoms with Crippen LogP contribution >= 0.6 is 15.9 Å². The molecule has 0 spiro atoms. The molecule has 0 heterocycles. The van der Waals surface area contributed by atoms with Crippen molar-refractivity contribution in [3.63, 3.8) is 0 Å². The first-order chi connectivity index (χ1) is 10.0. The first kappa shape index (κ1) is 15.8. The monoisotopic (exact) mass is 346 g/mol. The van der Waals surface area contributed by atoms with Gasteiger partial charge in [0, 0.05) is 4.47 Å². The number of hydrogen-bond acceptors (Lipinski definition) is 2. The maximum Gasteiger partial charge on any atom is 0.153 e. The number of rotatable bonds is 5. The van der Waals surface area contributed by atoms with Gasteiger partial charge in [-0.2, -0.15) is 0 Å². The van der Waals surface area contributed by atoms with Gasteiger partial charge in [0.05, 0.1) is 5.56 Å². The Hall–Kier alpha value is -1.61. The summed E-state index contributed by atoms with van der Waals surface area (Å²) in [5.41, 5.74) is 3.93. The van der Waals surface area contributed by atoms with E-state index in [0.717, 1.165) is 21.9 Å². The summed E-state index contributed by atoms with van der Waals surface area (Å²) in [6.45, 7) is 6.75. The fourth-order valence-corrected chi connectivity index (χ4v) is 2.78. The van der Waals surface area contributed by atoms with E-state index in [4.69, 9.17) is 4.74 Å². The topological polar surface area (TPSA) is 26.3 Å². The Morgan fingerprint density at radius 1 is 1.19 bits per heavy atom. The fraction of sp³-hybridized carbons (Fsp3) is 0.278. The molecule has 0 N–H and O–H groups in total. The Bertz CT molecular complexity index is 630. The third-order valence-electron chi connectivity index (χ3n) is 3.42. The minimum absolute atomic E-state index is 0.460. The minimum Gasteiger partial charge on any atom is -0.488 e. The van der Waals surface area contributed by atoms with Crippen LogP contribution in [0, 0.1) is 6.92 Å². The summed E-state index contributed by atoms with van der Waals surface area (Å²) in [6, 6.07) is 12.1. The van der Waals surface area contributed by atoms with Gasteiger partial charge in [-0.05, 0) is 41.7 Å². The lowest BCUT2D eigenvalue weighted by Gasteiger charge is -2.13. The van der Waals surface area contributed by atoms with Crippen LogP contribution in [0.3, 0.4) is 0 Å². The summed E-state index contributed by atoms with van der Waals surface area (Å²) < 4.78 is 6.73. The van der Waals surface area contributed by atoms with Crippen molar-refractivity contribution in [3.8, 4) is 5.75 Å². The molecule has 0 fully saturated rings. The van der Waals surface area contributed by atoms with Gasteiger partial charge in [-0.3, -0.25) is 4.79 Å². The van der Waals surface area contributed by atoms with Crippen LogP contribution in [0.5, 0.6) is 5.75 Å². The van der Waals surface area contributed by atoms with Gasteiger partial charge < -0.3 is 4.74 Å². The Morgan fingerprint density at radius 3 is 2.43 bits per heavy atom. The molecule has 2 aromatic carbocycles. The van der Waals surface area contributed by atoms with Gasteiger partial charge in [0.2, 0.25) is 0 Å². The Labute approximate surface area is 134 Å². The molecule has 0 bridgehead atoms. The fourth-order valence-electron chi connectivity index (χ4n) is 2.19. The predicted molar refractivity (Wildman–Crippen MR) is 89.1 cm³/mol. The van der Waals surface area contributed by atoms with E-state index >= 15 is 0 Å². The van der Waals surface area contributed by atoms with E-state index in [2.05, 4.69) is 54.0 Å². The smallest absolute Gasteiger partial charge is 0.153 e. The molecule has 0 aromatic heterocycles. The molecular weight excluding hydrogens is 328 g/mol. The standard InChI is InChI=1S/C18H19BrO2/c1-12(2)15-6-4-14(5-7-15)11-21-18-13(3)8-17(19)9-16(18)10-20/h4-10,12H,11H2,1-3H3. The third-order valence-corrected chi connectivity index (χ3v) is 3.88. The molecule has 2 nitrogen and oxygen atoms in total. The van der Waals surface area contributed by atoms with Crippen LogP contribution in [-0.2, 0) is 6.61 Å². The molecule has 0 amide bonds. The van der Waals surface area contributed by atoms with E-state index in [1.807, 2.05) is 13.0 Å². The van der Waals surface area contributed by atoms with Gasteiger partial charge in [0.1, 0.15) is 12.4 Å². The second-order valence-electron chi connectivity index (χ2n) is 5.44. The number of halogens is 1. The Morgan fingerprint density at radius 2 is 1.86 bits per heavy atom. The predicted octanol–water partition coefficient (Wildman–Crippen LogP) is 5.27. The summed E-state index contributed by atoms with van der Waals surface area (Å²) in [5.74, 6) is 1.18. The van der Waals surface area contributed by atoms with Crippen molar-refractivity contribution < 1.29 is 9.53 Å². The zero-order valence-corrected chi connectivity index (χ0v) is 14.1. The van der Waals surface area contributed by atoms with Gasteiger partial charge in [0.25, 0.3) is 0 Å². The van der Waals surface area contributed by atoms with E-state index < -0.39 is 0 Å². The molecule has 2 rings (SSSR count). The van der Waals surface area contributed by atoms with Gasteiger partial charge in [-0.25, -0.2) is 0 Å². The number of aldehydes is 1. The van der Waals surface area contributed by atoms with Crippen LogP contribution in [0.1, 0.15) is 46.8 Å². The maximum atomic E-state index is 11.2. The Kier molecular flexibility index (Phi) is 5.18. The summed E-state index contributed by atoms with van der Waals surface area (Å²) in [7, 11) is 0. The van der Waals surface area contributed by atoms with E-state index in [1.54, 1.807) is 6.07 Å². The molecule has 0 aliphatic heterocycles. The SMILES string of the molecule is Cc1cc(Br)cc(C=O)c1OCc1ccc(C(C)C)cc1. The highest BCUT2D eigenvalue weighted by molar-refractivity contribution is 9.10. The molecule has 110 valence electrons. The lowest BCUT2D eigenvalue weighted by atomic mass is 10.0. The van der Waals surface area contributed by atoms with Gasteiger partial charge in [-0.15, -0.1) is 0 Å². The van der Waals surface area contributed by atoms with Crippen molar-refractivity contribution in [3.05, 3.63) is 63.1 Å².